The molecule has 0 unspecified atom stereocenters. The second-order valence-corrected chi connectivity index (χ2v) is 7.79. The average molecular weight is 418 g/mol. The summed E-state index contributed by atoms with van der Waals surface area (Å²) in [6.07, 6.45) is 4.64. The number of nitrogens with zero attached hydrogens (tertiary/aromatic N) is 5. The van der Waals surface area contributed by atoms with Gasteiger partial charge in [0.2, 0.25) is 0 Å². The molecule has 3 aromatic heterocycles. The number of aromatic nitrogens is 4. The highest BCUT2D eigenvalue weighted by Gasteiger charge is 2.18. The summed E-state index contributed by atoms with van der Waals surface area (Å²) < 4.78 is 0. The largest absolute Gasteiger partial charge is 0.384 e. The molecule has 0 atom stereocenters. The molecule has 0 bridgehead atoms. The van der Waals surface area contributed by atoms with E-state index in [2.05, 4.69) is 58.0 Å². The van der Waals surface area contributed by atoms with Gasteiger partial charge in [0.1, 0.15) is 17.3 Å². The van der Waals surface area contributed by atoms with Crippen molar-refractivity contribution in [3.63, 3.8) is 0 Å². The minimum absolute atomic E-state index is 0.331. The van der Waals surface area contributed by atoms with Crippen LogP contribution in [-0.4, -0.2) is 26.5 Å². The fourth-order valence-electron chi connectivity index (χ4n) is 3.25. The molecule has 30 heavy (non-hydrogen) atoms. The van der Waals surface area contributed by atoms with Crippen LogP contribution in [0, 0.1) is 6.92 Å². The quantitative estimate of drug-likeness (QED) is 0.469. The van der Waals surface area contributed by atoms with Gasteiger partial charge in [0, 0.05) is 41.6 Å². The molecule has 8 heteroatoms. The Balaban J connectivity index is 1.74. The number of thiazole rings is 1. The van der Waals surface area contributed by atoms with E-state index in [1.54, 1.807) is 17.5 Å². The number of rotatable bonds is 6. The molecular formula is C22H23N7S. The van der Waals surface area contributed by atoms with E-state index in [9.17, 15) is 0 Å². The minimum Gasteiger partial charge on any atom is -0.384 e. The summed E-state index contributed by atoms with van der Waals surface area (Å²) in [5, 5.41) is 2.81. The van der Waals surface area contributed by atoms with Crippen LogP contribution in [-0.2, 0) is 0 Å². The molecule has 0 saturated heterocycles. The van der Waals surface area contributed by atoms with Crippen molar-refractivity contribution in [1.82, 2.24) is 19.9 Å². The molecule has 1 aromatic carbocycles. The molecule has 0 saturated carbocycles. The van der Waals surface area contributed by atoms with Crippen LogP contribution in [0.3, 0.4) is 0 Å². The smallest absolute Gasteiger partial charge is 0.190 e. The molecule has 0 fully saturated rings. The number of nitrogens with two attached hydrogens (primary N) is 2. The summed E-state index contributed by atoms with van der Waals surface area (Å²) in [7, 11) is 0. The van der Waals surface area contributed by atoms with E-state index in [0.717, 1.165) is 34.9 Å². The predicted molar refractivity (Wildman–Crippen MR) is 124 cm³/mol. The van der Waals surface area contributed by atoms with Gasteiger partial charge in [-0.15, -0.1) is 11.3 Å². The Bertz CT molecular complexity index is 1140. The van der Waals surface area contributed by atoms with Crippen molar-refractivity contribution >= 4 is 33.8 Å². The van der Waals surface area contributed by atoms with Crippen LogP contribution in [0.25, 0.3) is 22.6 Å². The summed E-state index contributed by atoms with van der Waals surface area (Å²) in [6, 6.07) is 12.0. The molecule has 4 aromatic rings. The third kappa shape index (κ3) is 4.08. The zero-order valence-electron chi connectivity index (χ0n) is 16.9. The fourth-order valence-corrected chi connectivity index (χ4v) is 4.09. The van der Waals surface area contributed by atoms with Crippen molar-refractivity contribution in [3.8, 4) is 22.6 Å². The monoisotopic (exact) mass is 417 g/mol. The van der Waals surface area contributed by atoms with Crippen LogP contribution >= 0.6 is 11.3 Å². The molecule has 3 heterocycles. The lowest BCUT2D eigenvalue weighted by Crippen LogP contribution is -2.18. The molecule has 0 aliphatic rings. The van der Waals surface area contributed by atoms with Gasteiger partial charge in [-0.05, 0) is 36.6 Å². The molecule has 152 valence electrons. The van der Waals surface area contributed by atoms with E-state index in [-0.39, 0.29) is 0 Å². The highest BCUT2D eigenvalue weighted by atomic mass is 32.1. The Morgan fingerprint density at radius 3 is 2.50 bits per heavy atom. The number of aryl methyl sites for hydroxylation is 1. The van der Waals surface area contributed by atoms with E-state index in [0.29, 0.717) is 23.2 Å². The van der Waals surface area contributed by atoms with E-state index in [1.807, 2.05) is 17.6 Å². The minimum atomic E-state index is 0.331. The highest BCUT2D eigenvalue weighted by molar-refractivity contribution is 7.14. The molecule has 0 aliphatic heterocycles. The van der Waals surface area contributed by atoms with Gasteiger partial charge in [0.25, 0.3) is 0 Å². The zero-order valence-corrected chi connectivity index (χ0v) is 17.7. The molecule has 0 aliphatic carbocycles. The lowest BCUT2D eigenvalue weighted by atomic mass is 10.0. The standard InChI is InChI=1S/C22H23N7S/c1-3-9-29(18-10-15(7-6-14(18)2)16-5-4-8-25-12-16)22-26-17(13-30-22)21-27-19(23)11-20(24)28-21/h4-8,10-13H,3,9H2,1-2H3,(H4,23,24,27,28). The SMILES string of the molecule is CCCN(c1nc(-c2nc(N)cc(N)n2)cs1)c1cc(-c2cccnc2)ccc1C. The van der Waals surface area contributed by atoms with Crippen molar-refractivity contribution in [2.24, 2.45) is 0 Å². The van der Waals surface area contributed by atoms with Crippen LogP contribution in [0.4, 0.5) is 22.5 Å². The maximum Gasteiger partial charge on any atom is 0.190 e. The van der Waals surface area contributed by atoms with Crippen molar-refractivity contribution in [2.75, 3.05) is 22.9 Å². The third-order valence-electron chi connectivity index (χ3n) is 4.66. The van der Waals surface area contributed by atoms with Gasteiger partial charge in [0.05, 0.1) is 0 Å². The predicted octanol–water partition coefficient (Wildman–Crippen LogP) is 4.68. The summed E-state index contributed by atoms with van der Waals surface area (Å²) in [5.41, 5.74) is 16.8. The lowest BCUT2D eigenvalue weighted by molar-refractivity contribution is 0.878. The Kier molecular flexibility index (Phi) is 5.58. The Morgan fingerprint density at radius 2 is 1.80 bits per heavy atom. The molecule has 4 rings (SSSR count). The first-order valence-corrected chi connectivity index (χ1v) is 10.6. The zero-order chi connectivity index (χ0) is 21.1. The van der Waals surface area contributed by atoms with Crippen LogP contribution < -0.4 is 16.4 Å². The van der Waals surface area contributed by atoms with Gasteiger partial charge in [-0.1, -0.05) is 25.1 Å². The summed E-state index contributed by atoms with van der Waals surface area (Å²) >= 11 is 1.55. The van der Waals surface area contributed by atoms with Crippen LogP contribution in [0.2, 0.25) is 0 Å². The first-order chi connectivity index (χ1) is 14.5. The van der Waals surface area contributed by atoms with Gasteiger partial charge < -0.3 is 16.4 Å². The third-order valence-corrected chi connectivity index (χ3v) is 5.52. The van der Waals surface area contributed by atoms with E-state index in [4.69, 9.17) is 16.5 Å². The van der Waals surface area contributed by atoms with Gasteiger partial charge in [-0.2, -0.15) is 0 Å². The summed E-state index contributed by atoms with van der Waals surface area (Å²) in [5.74, 6) is 1.10. The number of nitrogen functional groups attached to an aromatic ring is 2. The summed E-state index contributed by atoms with van der Waals surface area (Å²) in [6.45, 7) is 5.11. The van der Waals surface area contributed by atoms with Crippen molar-refractivity contribution in [2.45, 2.75) is 20.3 Å². The second kappa shape index (κ2) is 8.46. The Labute approximate surface area is 179 Å². The maximum absolute atomic E-state index is 5.82. The molecule has 0 radical (unpaired) electrons. The normalized spacial score (nSPS) is 10.9. The van der Waals surface area contributed by atoms with Gasteiger partial charge in [0.15, 0.2) is 11.0 Å². The topological polar surface area (TPSA) is 107 Å². The number of hydrogen-bond acceptors (Lipinski definition) is 8. The molecule has 7 nitrogen and oxygen atoms in total. The molecule has 4 N–H and O–H groups in total. The lowest BCUT2D eigenvalue weighted by Gasteiger charge is -2.24. The first-order valence-electron chi connectivity index (χ1n) is 9.69. The first kappa shape index (κ1) is 19.8. The van der Waals surface area contributed by atoms with Gasteiger partial charge in [-0.3, -0.25) is 4.98 Å². The second-order valence-electron chi connectivity index (χ2n) is 6.95. The highest BCUT2D eigenvalue weighted by Crippen LogP contribution is 2.35. The van der Waals surface area contributed by atoms with Gasteiger partial charge in [-0.25, -0.2) is 15.0 Å². The Hall–Kier alpha value is -3.52. The van der Waals surface area contributed by atoms with E-state index in [1.165, 1.54) is 11.6 Å². The van der Waals surface area contributed by atoms with Crippen LogP contribution in [0.5, 0.6) is 0 Å². The van der Waals surface area contributed by atoms with E-state index < -0.39 is 0 Å². The fraction of sp³-hybridized carbons (Fsp3) is 0.182. The van der Waals surface area contributed by atoms with E-state index >= 15 is 0 Å². The average Bonchev–Trinajstić information content (AvgIpc) is 3.23. The maximum atomic E-state index is 5.82. The van der Waals surface area contributed by atoms with Crippen molar-refractivity contribution in [1.29, 1.82) is 0 Å². The van der Waals surface area contributed by atoms with Crippen molar-refractivity contribution in [3.05, 3.63) is 59.7 Å². The Morgan fingerprint density at radius 1 is 1.00 bits per heavy atom. The summed E-state index contributed by atoms with van der Waals surface area (Å²) in [4.78, 5) is 19.8. The number of benzene rings is 1. The number of pyridine rings is 1. The van der Waals surface area contributed by atoms with Crippen molar-refractivity contribution < 1.29 is 0 Å². The molecule has 0 spiro atoms. The number of hydrogen-bond donors (Lipinski definition) is 2. The number of anilines is 4. The van der Waals surface area contributed by atoms with Gasteiger partial charge >= 0.3 is 0 Å². The van der Waals surface area contributed by atoms with Crippen LogP contribution in [0.1, 0.15) is 18.9 Å². The molecular weight excluding hydrogens is 394 g/mol. The van der Waals surface area contributed by atoms with Crippen LogP contribution in [0.15, 0.2) is 54.2 Å². The molecule has 0 amide bonds.